The number of nitro benzene ring substituents is 1. The van der Waals surface area contributed by atoms with Gasteiger partial charge in [-0.05, 0) is 25.0 Å². The van der Waals surface area contributed by atoms with Crippen LogP contribution in [0, 0.1) is 17.0 Å². The topological polar surface area (TPSA) is 98.0 Å². The van der Waals surface area contributed by atoms with Gasteiger partial charge in [0, 0.05) is 24.9 Å². The Bertz CT molecular complexity index is 656. The van der Waals surface area contributed by atoms with Gasteiger partial charge in [0.1, 0.15) is 11.5 Å². The lowest BCUT2D eigenvalue weighted by Gasteiger charge is -2.05. The zero-order valence-electron chi connectivity index (χ0n) is 11.4. The third-order valence-corrected chi connectivity index (χ3v) is 2.86. The Morgan fingerprint density at radius 3 is 2.62 bits per heavy atom. The number of hydrogen-bond donors (Lipinski definition) is 1. The number of benzene rings is 1. The minimum atomic E-state index is -0.441. The molecule has 7 nitrogen and oxygen atoms in total. The lowest BCUT2D eigenvalue weighted by atomic mass is 10.1. The maximum Gasteiger partial charge on any atom is 0.270 e. The average Bonchev–Trinajstić information content (AvgIpc) is 2.47. The summed E-state index contributed by atoms with van der Waals surface area (Å²) >= 11 is 0. The van der Waals surface area contributed by atoms with Gasteiger partial charge in [0.2, 0.25) is 0 Å². The molecule has 0 fully saturated rings. The lowest BCUT2D eigenvalue weighted by Crippen LogP contribution is -2.26. The van der Waals surface area contributed by atoms with Crippen LogP contribution in [0.3, 0.4) is 0 Å². The van der Waals surface area contributed by atoms with Crippen molar-refractivity contribution >= 4 is 11.6 Å². The van der Waals surface area contributed by atoms with Crippen LogP contribution in [0.1, 0.15) is 21.9 Å². The molecule has 0 aliphatic rings. The Morgan fingerprint density at radius 1 is 1.29 bits per heavy atom. The average molecular weight is 286 g/mol. The maximum absolute atomic E-state index is 11.8. The van der Waals surface area contributed by atoms with Crippen molar-refractivity contribution in [1.82, 2.24) is 15.3 Å². The van der Waals surface area contributed by atoms with Crippen molar-refractivity contribution in [2.75, 3.05) is 6.54 Å². The number of hydrogen-bond acceptors (Lipinski definition) is 5. The third-order valence-electron chi connectivity index (χ3n) is 2.86. The summed E-state index contributed by atoms with van der Waals surface area (Å²) in [4.78, 5) is 29.9. The second-order valence-corrected chi connectivity index (χ2v) is 4.42. The number of aromatic nitrogens is 2. The van der Waals surface area contributed by atoms with Crippen molar-refractivity contribution in [3.63, 3.8) is 0 Å². The molecular weight excluding hydrogens is 272 g/mol. The number of amides is 1. The number of nitrogens with zero attached hydrogens (tertiary/aromatic N) is 3. The van der Waals surface area contributed by atoms with Crippen molar-refractivity contribution in [2.24, 2.45) is 0 Å². The van der Waals surface area contributed by atoms with Crippen LogP contribution in [0.2, 0.25) is 0 Å². The number of carbonyl (C=O) groups excluding carboxylic acids is 1. The number of nitro groups is 1. The number of carbonyl (C=O) groups is 1. The largest absolute Gasteiger partial charge is 0.350 e. The van der Waals surface area contributed by atoms with E-state index in [9.17, 15) is 14.9 Å². The molecule has 2 aromatic rings. The normalized spacial score (nSPS) is 10.1. The van der Waals surface area contributed by atoms with Crippen molar-refractivity contribution in [2.45, 2.75) is 13.3 Å². The van der Waals surface area contributed by atoms with E-state index in [1.807, 2.05) is 0 Å². The first-order valence-corrected chi connectivity index (χ1v) is 6.37. The fourth-order valence-corrected chi connectivity index (χ4v) is 1.78. The van der Waals surface area contributed by atoms with Crippen LogP contribution in [0.25, 0.3) is 0 Å². The van der Waals surface area contributed by atoms with E-state index in [1.165, 1.54) is 18.3 Å². The highest BCUT2D eigenvalue weighted by Gasteiger charge is 2.07. The van der Waals surface area contributed by atoms with Crippen molar-refractivity contribution in [1.29, 1.82) is 0 Å². The Balaban J connectivity index is 1.86. The molecule has 0 radical (unpaired) electrons. The fourth-order valence-electron chi connectivity index (χ4n) is 1.78. The smallest absolute Gasteiger partial charge is 0.270 e. The molecule has 0 aliphatic carbocycles. The van der Waals surface area contributed by atoms with Gasteiger partial charge in [-0.3, -0.25) is 14.9 Å². The van der Waals surface area contributed by atoms with Crippen molar-refractivity contribution in [3.8, 4) is 0 Å². The Kier molecular flexibility index (Phi) is 4.55. The summed E-state index contributed by atoms with van der Waals surface area (Å²) in [6.07, 6.45) is 2.13. The van der Waals surface area contributed by atoms with E-state index >= 15 is 0 Å². The summed E-state index contributed by atoms with van der Waals surface area (Å²) in [6, 6.07) is 7.81. The first-order valence-electron chi connectivity index (χ1n) is 6.37. The first-order chi connectivity index (χ1) is 10.1. The van der Waals surface area contributed by atoms with Crippen molar-refractivity contribution < 1.29 is 9.72 Å². The zero-order chi connectivity index (χ0) is 15.2. The van der Waals surface area contributed by atoms with E-state index in [1.54, 1.807) is 25.1 Å². The molecule has 0 spiro atoms. The Hall–Kier alpha value is -2.83. The molecule has 1 amide bonds. The minimum absolute atomic E-state index is 0.0549. The van der Waals surface area contributed by atoms with E-state index in [2.05, 4.69) is 15.3 Å². The SMILES string of the molecule is Cc1nccc(C(=O)NCCc2ccc([N+](=O)[O-])cc2)n1. The van der Waals surface area contributed by atoms with Gasteiger partial charge in [-0.25, -0.2) is 9.97 Å². The lowest BCUT2D eigenvalue weighted by molar-refractivity contribution is -0.384. The van der Waals surface area contributed by atoms with E-state index < -0.39 is 4.92 Å². The van der Waals surface area contributed by atoms with Crippen LogP contribution in [0.4, 0.5) is 5.69 Å². The highest BCUT2D eigenvalue weighted by atomic mass is 16.6. The summed E-state index contributed by atoms with van der Waals surface area (Å²) in [5.41, 5.74) is 1.30. The zero-order valence-corrected chi connectivity index (χ0v) is 11.4. The predicted octanol–water partition coefficient (Wildman–Crippen LogP) is 1.67. The molecule has 2 rings (SSSR count). The van der Waals surface area contributed by atoms with Gasteiger partial charge in [-0.1, -0.05) is 12.1 Å². The van der Waals surface area contributed by atoms with Gasteiger partial charge in [0.15, 0.2) is 0 Å². The summed E-state index contributed by atoms with van der Waals surface area (Å²) in [7, 11) is 0. The standard InChI is InChI=1S/C14H14N4O3/c1-10-15-9-7-13(17-10)14(19)16-8-6-11-2-4-12(5-3-11)18(20)21/h2-5,7,9H,6,8H2,1H3,(H,16,19). The van der Waals surface area contributed by atoms with E-state index in [-0.39, 0.29) is 11.6 Å². The first kappa shape index (κ1) is 14.6. The van der Waals surface area contributed by atoms with Gasteiger partial charge in [-0.2, -0.15) is 0 Å². The van der Waals surface area contributed by atoms with Crippen LogP contribution in [-0.4, -0.2) is 27.3 Å². The molecule has 0 bridgehead atoms. The Morgan fingerprint density at radius 2 is 2.00 bits per heavy atom. The van der Waals surface area contributed by atoms with Gasteiger partial charge < -0.3 is 5.32 Å². The van der Waals surface area contributed by atoms with Crippen LogP contribution >= 0.6 is 0 Å². The quantitative estimate of drug-likeness (QED) is 0.666. The van der Waals surface area contributed by atoms with Crippen LogP contribution in [0.15, 0.2) is 36.5 Å². The van der Waals surface area contributed by atoms with Crippen LogP contribution < -0.4 is 5.32 Å². The number of rotatable bonds is 5. The van der Waals surface area contributed by atoms with Crippen LogP contribution in [0.5, 0.6) is 0 Å². The number of aryl methyl sites for hydroxylation is 1. The Labute approximate surface area is 121 Å². The summed E-state index contributed by atoms with van der Waals surface area (Å²) in [5.74, 6) is 0.278. The summed E-state index contributed by atoms with van der Waals surface area (Å²) in [6.45, 7) is 2.15. The van der Waals surface area contributed by atoms with E-state index in [4.69, 9.17) is 0 Å². The highest BCUT2D eigenvalue weighted by Crippen LogP contribution is 2.11. The molecule has 1 aromatic heterocycles. The van der Waals surface area contributed by atoms with Gasteiger partial charge in [0.05, 0.1) is 4.92 Å². The molecule has 0 unspecified atom stereocenters. The monoisotopic (exact) mass is 286 g/mol. The molecule has 1 aromatic carbocycles. The van der Waals surface area contributed by atoms with Gasteiger partial charge >= 0.3 is 0 Å². The molecule has 0 atom stereocenters. The third kappa shape index (κ3) is 4.07. The van der Waals surface area contributed by atoms with Gasteiger partial charge in [-0.15, -0.1) is 0 Å². The second kappa shape index (κ2) is 6.56. The molecule has 1 N–H and O–H groups in total. The van der Waals surface area contributed by atoms with Gasteiger partial charge in [0.25, 0.3) is 11.6 Å². The predicted molar refractivity (Wildman–Crippen MR) is 75.9 cm³/mol. The molecule has 0 saturated heterocycles. The second-order valence-electron chi connectivity index (χ2n) is 4.42. The van der Waals surface area contributed by atoms with Crippen LogP contribution in [-0.2, 0) is 6.42 Å². The number of non-ortho nitro benzene ring substituents is 1. The highest BCUT2D eigenvalue weighted by molar-refractivity contribution is 5.92. The maximum atomic E-state index is 11.8. The minimum Gasteiger partial charge on any atom is -0.350 e. The molecule has 0 aliphatic heterocycles. The molecule has 21 heavy (non-hydrogen) atoms. The molecule has 108 valence electrons. The van der Waals surface area contributed by atoms with E-state index in [0.29, 0.717) is 24.5 Å². The van der Waals surface area contributed by atoms with E-state index in [0.717, 1.165) is 5.56 Å². The molecular formula is C14H14N4O3. The molecule has 0 saturated carbocycles. The summed E-state index contributed by atoms with van der Waals surface area (Å²) < 4.78 is 0. The molecule has 7 heteroatoms. The van der Waals surface area contributed by atoms with Crippen molar-refractivity contribution in [3.05, 3.63) is 63.7 Å². The fraction of sp³-hybridized carbons (Fsp3) is 0.214. The molecule has 1 heterocycles. The summed E-state index contributed by atoms with van der Waals surface area (Å²) in [5, 5.41) is 13.3. The number of nitrogens with one attached hydrogen (secondary N) is 1.